The molecule has 1 aromatic carbocycles. The van der Waals surface area contributed by atoms with E-state index >= 15 is 0 Å². The molecule has 1 aromatic rings. The molecule has 0 radical (unpaired) electrons. The molecule has 17 heavy (non-hydrogen) atoms. The summed E-state index contributed by atoms with van der Waals surface area (Å²) in [6, 6.07) is 4.60. The minimum atomic E-state index is -2.46. The van der Waals surface area contributed by atoms with Crippen molar-refractivity contribution in [2.24, 2.45) is 5.73 Å². The number of alkyl halides is 2. The summed E-state index contributed by atoms with van der Waals surface area (Å²) in [5.74, 6) is 0. The van der Waals surface area contributed by atoms with Gasteiger partial charge in [-0.25, -0.2) is 8.78 Å². The third-order valence-electron chi connectivity index (χ3n) is 2.17. The maximum Gasteiger partial charge on any atom is 0.261 e. The first-order valence-corrected chi connectivity index (χ1v) is 5.82. The molecule has 96 valence electrons. The van der Waals surface area contributed by atoms with Gasteiger partial charge in [-0.3, -0.25) is 0 Å². The van der Waals surface area contributed by atoms with Crippen LogP contribution in [0.2, 0.25) is 10.0 Å². The molecule has 0 saturated carbocycles. The van der Waals surface area contributed by atoms with E-state index in [2.05, 4.69) is 0 Å². The monoisotopic (exact) mass is 283 g/mol. The van der Waals surface area contributed by atoms with Crippen LogP contribution in [0.1, 0.15) is 18.0 Å². The summed E-state index contributed by atoms with van der Waals surface area (Å²) in [6.45, 7) is -0.412. The molecule has 0 amide bonds. The largest absolute Gasteiger partial charge is 0.375 e. The summed E-state index contributed by atoms with van der Waals surface area (Å²) in [5, 5.41) is 1.05. The predicted molar refractivity (Wildman–Crippen MR) is 64.8 cm³/mol. The average molecular weight is 284 g/mol. The molecule has 1 unspecified atom stereocenters. The molecule has 0 aromatic heterocycles. The molecule has 0 bridgehead atoms. The van der Waals surface area contributed by atoms with E-state index < -0.39 is 13.0 Å². The molecular weight excluding hydrogens is 271 g/mol. The van der Waals surface area contributed by atoms with Gasteiger partial charge in [-0.15, -0.1) is 0 Å². The molecule has 0 fully saturated rings. The minimum Gasteiger partial charge on any atom is -0.375 e. The summed E-state index contributed by atoms with van der Waals surface area (Å²) in [4.78, 5) is 0. The van der Waals surface area contributed by atoms with E-state index in [4.69, 9.17) is 33.7 Å². The minimum absolute atomic E-state index is 0.161. The quantitative estimate of drug-likeness (QED) is 0.809. The first-order valence-electron chi connectivity index (χ1n) is 5.07. The Balaban J connectivity index is 2.46. The number of halogens is 4. The summed E-state index contributed by atoms with van der Waals surface area (Å²) in [7, 11) is 0. The maximum absolute atomic E-state index is 11.8. The van der Waals surface area contributed by atoms with Crippen LogP contribution >= 0.6 is 23.2 Å². The van der Waals surface area contributed by atoms with Gasteiger partial charge in [0.25, 0.3) is 6.43 Å². The normalized spacial score (nSPS) is 13.1. The van der Waals surface area contributed by atoms with E-state index in [-0.39, 0.29) is 12.6 Å². The summed E-state index contributed by atoms with van der Waals surface area (Å²) >= 11 is 11.8. The van der Waals surface area contributed by atoms with Crippen LogP contribution in [-0.4, -0.2) is 19.6 Å². The summed E-state index contributed by atoms with van der Waals surface area (Å²) < 4.78 is 28.4. The second kappa shape index (κ2) is 7.11. The van der Waals surface area contributed by atoms with E-state index in [0.29, 0.717) is 22.0 Å². The number of nitrogens with two attached hydrogens (primary N) is 1. The van der Waals surface area contributed by atoms with Gasteiger partial charge in [-0.1, -0.05) is 23.2 Å². The number of ether oxygens (including phenoxy) is 1. The molecule has 1 atom stereocenters. The van der Waals surface area contributed by atoms with Crippen LogP contribution in [0, 0.1) is 0 Å². The second-order valence-corrected chi connectivity index (χ2v) is 4.37. The van der Waals surface area contributed by atoms with Crippen LogP contribution in [0.25, 0.3) is 0 Å². The predicted octanol–water partition coefficient (Wildman–Crippen LogP) is 3.67. The molecule has 0 aliphatic carbocycles. The maximum atomic E-state index is 11.8. The Morgan fingerprint density at radius 2 is 2.00 bits per heavy atom. The lowest BCUT2D eigenvalue weighted by atomic mass is 10.1. The zero-order valence-corrected chi connectivity index (χ0v) is 10.5. The zero-order chi connectivity index (χ0) is 12.8. The molecule has 0 heterocycles. The lowest BCUT2D eigenvalue weighted by Gasteiger charge is -2.14. The smallest absolute Gasteiger partial charge is 0.261 e. The van der Waals surface area contributed by atoms with Gasteiger partial charge in [-0.05, 0) is 30.2 Å². The highest BCUT2D eigenvalue weighted by molar-refractivity contribution is 6.33. The Hall–Kier alpha value is -0.420. The number of hydrogen-bond donors (Lipinski definition) is 1. The summed E-state index contributed by atoms with van der Waals surface area (Å²) in [6.07, 6.45) is -2.05. The highest BCUT2D eigenvalue weighted by Gasteiger charge is 2.11. The topological polar surface area (TPSA) is 35.2 Å². The lowest BCUT2D eigenvalue weighted by molar-refractivity contribution is 0.0152. The van der Waals surface area contributed by atoms with E-state index in [9.17, 15) is 8.78 Å². The molecule has 0 aliphatic rings. The van der Waals surface area contributed by atoms with Crippen LogP contribution in [0.4, 0.5) is 8.78 Å². The third-order valence-corrected chi connectivity index (χ3v) is 2.75. The lowest BCUT2D eigenvalue weighted by Crippen LogP contribution is -2.15. The number of hydrogen-bond acceptors (Lipinski definition) is 2. The van der Waals surface area contributed by atoms with Gasteiger partial charge >= 0.3 is 0 Å². The molecular formula is C11H13Cl2F2NO. The highest BCUT2D eigenvalue weighted by Crippen LogP contribution is 2.26. The molecule has 2 N–H and O–H groups in total. The van der Waals surface area contributed by atoms with Gasteiger partial charge in [0.05, 0.1) is 0 Å². The molecule has 0 aliphatic heterocycles. The molecule has 0 spiro atoms. The van der Waals surface area contributed by atoms with Crippen molar-refractivity contribution >= 4 is 23.2 Å². The third kappa shape index (κ3) is 5.17. The van der Waals surface area contributed by atoms with Crippen molar-refractivity contribution in [1.29, 1.82) is 0 Å². The fraction of sp³-hybridized carbons (Fsp3) is 0.455. The molecule has 2 nitrogen and oxygen atoms in total. The van der Waals surface area contributed by atoms with Crippen molar-refractivity contribution in [3.63, 3.8) is 0 Å². The summed E-state index contributed by atoms with van der Waals surface area (Å²) in [5.41, 5.74) is 6.57. The Bertz CT molecular complexity index is 363. The van der Waals surface area contributed by atoms with Crippen LogP contribution in [0.5, 0.6) is 0 Å². The van der Waals surface area contributed by atoms with Crippen molar-refractivity contribution in [3.05, 3.63) is 33.8 Å². The van der Waals surface area contributed by atoms with Crippen molar-refractivity contribution in [1.82, 2.24) is 0 Å². The van der Waals surface area contributed by atoms with Crippen LogP contribution in [-0.2, 0) is 4.74 Å². The van der Waals surface area contributed by atoms with E-state index in [1.807, 2.05) is 0 Å². The zero-order valence-electron chi connectivity index (χ0n) is 9.01. The van der Waals surface area contributed by atoms with Gasteiger partial charge in [0.15, 0.2) is 0 Å². The fourth-order valence-electron chi connectivity index (χ4n) is 1.34. The first kappa shape index (κ1) is 14.6. The highest BCUT2D eigenvalue weighted by atomic mass is 35.5. The van der Waals surface area contributed by atoms with Crippen molar-refractivity contribution in [3.8, 4) is 0 Å². The van der Waals surface area contributed by atoms with Crippen LogP contribution in [0.15, 0.2) is 18.2 Å². The molecule has 0 saturated heterocycles. The van der Waals surface area contributed by atoms with E-state index in [1.165, 1.54) is 0 Å². The van der Waals surface area contributed by atoms with Crippen LogP contribution < -0.4 is 5.73 Å². The van der Waals surface area contributed by atoms with E-state index in [0.717, 1.165) is 0 Å². The van der Waals surface area contributed by atoms with Crippen molar-refractivity contribution in [2.45, 2.75) is 18.9 Å². The van der Waals surface area contributed by atoms with Gasteiger partial charge in [0, 0.05) is 22.7 Å². The Morgan fingerprint density at radius 3 is 2.65 bits per heavy atom. The molecule has 1 rings (SSSR count). The SMILES string of the molecule is NC(CCOCC(F)F)c1cc(Cl)ccc1Cl. The van der Waals surface area contributed by atoms with Gasteiger partial charge in [-0.2, -0.15) is 0 Å². The van der Waals surface area contributed by atoms with Gasteiger partial charge in [0.1, 0.15) is 6.61 Å². The molecule has 6 heteroatoms. The van der Waals surface area contributed by atoms with Crippen LogP contribution in [0.3, 0.4) is 0 Å². The number of benzene rings is 1. The van der Waals surface area contributed by atoms with Crippen molar-refractivity contribution < 1.29 is 13.5 Å². The van der Waals surface area contributed by atoms with Gasteiger partial charge in [0.2, 0.25) is 0 Å². The van der Waals surface area contributed by atoms with E-state index in [1.54, 1.807) is 18.2 Å². The fourth-order valence-corrected chi connectivity index (χ4v) is 1.78. The Kier molecular flexibility index (Phi) is 6.12. The van der Waals surface area contributed by atoms with Crippen molar-refractivity contribution in [2.75, 3.05) is 13.2 Å². The average Bonchev–Trinajstić information content (AvgIpc) is 2.27. The Labute approximate surface area is 109 Å². The first-order chi connectivity index (χ1) is 8.00. The number of rotatable bonds is 6. The van der Waals surface area contributed by atoms with Gasteiger partial charge < -0.3 is 10.5 Å². The Morgan fingerprint density at radius 1 is 1.29 bits per heavy atom. The standard InChI is InChI=1S/C11H13Cl2F2NO/c12-7-1-2-9(13)8(5-7)10(16)3-4-17-6-11(14)15/h1-2,5,10-11H,3-4,6,16H2. The second-order valence-electron chi connectivity index (χ2n) is 3.53.